The number of rotatable bonds is 6. The average molecular weight is 444 g/mol. The lowest BCUT2D eigenvalue weighted by Gasteiger charge is -2.32. The first-order valence-electron chi connectivity index (χ1n) is 12.1. The van der Waals surface area contributed by atoms with Crippen molar-refractivity contribution in [1.29, 1.82) is 0 Å². The lowest BCUT2D eigenvalue weighted by atomic mass is 9.93. The predicted octanol–water partition coefficient (Wildman–Crippen LogP) is 3.99. The zero-order chi connectivity index (χ0) is 22.5. The topological polar surface area (TPSA) is 54.4 Å². The molecular weight excluding hydrogens is 410 g/mol. The van der Waals surface area contributed by atoms with Crippen LogP contribution in [0, 0.1) is 6.92 Å². The smallest absolute Gasteiger partial charge is 0.225 e. The third kappa shape index (κ3) is 5.75. The second-order valence-corrected chi connectivity index (χ2v) is 9.24. The van der Waals surface area contributed by atoms with Crippen molar-refractivity contribution in [3.8, 4) is 0 Å². The highest BCUT2D eigenvalue weighted by Gasteiger charge is 2.23. The van der Waals surface area contributed by atoms with Crippen molar-refractivity contribution in [2.45, 2.75) is 38.6 Å². The van der Waals surface area contributed by atoms with Gasteiger partial charge in [0.2, 0.25) is 5.95 Å². The number of hydrogen-bond donors (Lipinski definition) is 0. The molecule has 1 atom stereocenters. The van der Waals surface area contributed by atoms with Crippen molar-refractivity contribution in [3.63, 3.8) is 0 Å². The molecule has 33 heavy (non-hydrogen) atoms. The van der Waals surface area contributed by atoms with E-state index >= 15 is 0 Å². The fourth-order valence-electron chi connectivity index (χ4n) is 4.91. The Kier molecular flexibility index (Phi) is 6.93. The summed E-state index contributed by atoms with van der Waals surface area (Å²) in [5, 5.41) is 0. The van der Waals surface area contributed by atoms with Crippen LogP contribution >= 0.6 is 0 Å². The van der Waals surface area contributed by atoms with Gasteiger partial charge in [-0.25, -0.2) is 9.97 Å². The summed E-state index contributed by atoms with van der Waals surface area (Å²) in [6, 6.07) is 17.3. The molecule has 2 aromatic heterocycles. The lowest BCUT2D eigenvalue weighted by molar-refractivity contribution is 0.122. The van der Waals surface area contributed by atoms with E-state index < -0.39 is 0 Å². The van der Waals surface area contributed by atoms with E-state index in [-0.39, 0.29) is 0 Å². The molecule has 2 aliphatic heterocycles. The molecule has 0 bridgehead atoms. The van der Waals surface area contributed by atoms with Crippen molar-refractivity contribution in [1.82, 2.24) is 19.9 Å². The number of nitrogens with zero attached hydrogens (tertiary/aromatic N) is 5. The summed E-state index contributed by atoms with van der Waals surface area (Å²) < 4.78 is 5.46. The molecule has 2 saturated heterocycles. The molecule has 0 amide bonds. The van der Waals surface area contributed by atoms with Gasteiger partial charge in [-0.3, -0.25) is 9.88 Å². The highest BCUT2D eigenvalue weighted by Crippen LogP contribution is 2.27. The van der Waals surface area contributed by atoms with E-state index in [9.17, 15) is 0 Å². The summed E-state index contributed by atoms with van der Waals surface area (Å²) in [6.07, 6.45) is 5.16. The maximum Gasteiger partial charge on any atom is 0.225 e. The van der Waals surface area contributed by atoms with Gasteiger partial charge >= 0.3 is 0 Å². The summed E-state index contributed by atoms with van der Waals surface area (Å²) in [7, 11) is 0. The number of piperidine rings is 1. The summed E-state index contributed by atoms with van der Waals surface area (Å²) in [6.45, 7) is 8.35. The fourth-order valence-corrected chi connectivity index (χ4v) is 4.91. The first-order chi connectivity index (χ1) is 16.2. The Labute approximate surface area is 196 Å². The molecule has 1 aromatic carbocycles. The van der Waals surface area contributed by atoms with Crippen LogP contribution in [-0.2, 0) is 17.7 Å². The van der Waals surface area contributed by atoms with Crippen molar-refractivity contribution < 1.29 is 4.74 Å². The molecule has 2 fully saturated rings. The summed E-state index contributed by atoms with van der Waals surface area (Å²) in [5.74, 6) is 1.30. The minimum Gasteiger partial charge on any atom is -0.378 e. The van der Waals surface area contributed by atoms with Gasteiger partial charge in [0, 0.05) is 56.1 Å². The number of hydrogen-bond acceptors (Lipinski definition) is 6. The van der Waals surface area contributed by atoms with Crippen LogP contribution in [0.3, 0.4) is 0 Å². The van der Waals surface area contributed by atoms with Crippen LogP contribution in [0.1, 0.15) is 47.0 Å². The molecule has 172 valence electrons. The van der Waals surface area contributed by atoms with Crippen LogP contribution < -0.4 is 4.90 Å². The highest BCUT2D eigenvalue weighted by molar-refractivity contribution is 5.31. The minimum absolute atomic E-state index is 0.469. The van der Waals surface area contributed by atoms with Crippen molar-refractivity contribution >= 4 is 5.95 Å². The largest absolute Gasteiger partial charge is 0.378 e. The Morgan fingerprint density at radius 1 is 0.970 bits per heavy atom. The third-order valence-corrected chi connectivity index (χ3v) is 6.60. The number of morpholine rings is 1. The molecule has 2 aliphatic rings. The maximum absolute atomic E-state index is 5.46. The van der Waals surface area contributed by atoms with Crippen molar-refractivity contribution in [2.75, 3.05) is 44.3 Å². The van der Waals surface area contributed by atoms with E-state index in [4.69, 9.17) is 14.7 Å². The Bertz CT molecular complexity index is 1070. The van der Waals surface area contributed by atoms with E-state index in [0.717, 1.165) is 69.7 Å². The van der Waals surface area contributed by atoms with Gasteiger partial charge < -0.3 is 9.64 Å². The first kappa shape index (κ1) is 22.0. The number of pyridine rings is 1. The van der Waals surface area contributed by atoms with Gasteiger partial charge in [0.1, 0.15) is 0 Å². The van der Waals surface area contributed by atoms with Gasteiger partial charge in [-0.05, 0) is 50.1 Å². The number of benzene rings is 1. The van der Waals surface area contributed by atoms with Crippen LogP contribution in [0.4, 0.5) is 5.95 Å². The van der Waals surface area contributed by atoms with Crippen molar-refractivity contribution in [3.05, 3.63) is 82.9 Å². The lowest BCUT2D eigenvalue weighted by Crippen LogP contribution is -2.38. The number of likely N-dealkylation sites (tertiary alicyclic amines) is 1. The quantitative estimate of drug-likeness (QED) is 0.574. The van der Waals surface area contributed by atoms with E-state index in [0.29, 0.717) is 5.92 Å². The van der Waals surface area contributed by atoms with Crippen LogP contribution in [0.5, 0.6) is 0 Å². The predicted molar refractivity (Wildman–Crippen MR) is 131 cm³/mol. The molecule has 0 radical (unpaired) electrons. The van der Waals surface area contributed by atoms with Gasteiger partial charge in [0.15, 0.2) is 0 Å². The summed E-state index contributed by atoms with van der Waals surface area (Å²) >= 11 is 0. The van der Waals surface area contributed by atoms with E-state index in [1.807, 2.05) is 12.3 Å². The number of aromatic nitrogens is 3. The fraction of sp³-hybridized carbons (Fsp3) is 0.444. The molecule has 0 saturated carbocycles. The normalized spacial score (nSPS) is 19.5. The Balaban J connectivity index is 1.24. The Morgan fingerprint density at radius 3 is 2.73 bits per heavy atom. The van der Waals surface area contributed by atoms with E-state index in [1.165, 1.54) is 29.7 Å². The molecule has 0 aliphatic carbocycles. The van der Waals surface area contributed by atoms with Crippen LogP contribution in [0.25, 0.3) is 0 Å². The van der Waals surface area contributed by atoms with Gasteiger partial charge in [0.05, 0.1) is 18.9 Å². The molecule has 5 rings (SSSR count). The number of ether oxygens (including phenoxy) is 1. The Morgan fingerprint density at radius 2 is 1.85 bits per heavy atom. The second kappa shape index (κ2) is 10.4. The summed E-state index contributed by atoms with van der Waals surface area (Å²) in [4.78, 5) is 19.2. The molecule has 6 nitrogen and oxygen atoms in total. The van der Waals surface area contributed by atoms with Crippen molar-refractivity contribution in [2.24, 2.45) is 0 Å². The van der Waals surface area contributed by atoms with Crippen LogP contribution in [0.2, 0.25) is 0 Å². The molecule has 0 N–H and O–H groups in total. The SMILES string of the molecule is Cc1cccc(Cc2cccc([C@H]3CCCN(Cc4ccnc(N5CCOCC5)n4)C3)n2)c1. The van der Waals surface area contributed by atoms with E-state index in [1.54, 1.807) is 0 Å². The standard InChI is InChI=1S/C27H33N5O/c1-21-5-2-6-22(17-21)18-24-8-3-9-26(29-24)23-7-4-12-31(19-23)20-25-10-11-28-27(30-25)32-13-15-33-16-14-32/h2-3,5-6,8-11,17,23H,4,7,12-16,18-20H2,1H3/t23-/m0/s1. The molecule has 0 spiro atoms. The zero-order valence-electron chi connectivity index (χ0n) is 19.5. The zero-order valence-corrected chi connectivity index (χ0v) is 19.5. The second-order valence-electron chi connectivity index (χ2n) is 9.24. The van der Waals surface area contributed by atoms with Gasteiger partial charge in [-0.2, -0.15) is 0 Å². The van der Waals surface area contributed by atoms with Gasteiger partial charge in [0.25, 0.3) is 0 Å². The maximum atomic E-state index is 5.46. The molecule has 6 heteroatoms. The van der Waals surface area contributed by atoms with E-state index in [2.05, 4.69) is 64.2 Å². The van der Waals surface area contributed by atoms with Gasteiger partial charge in [-0.15, -0.1) is 0 Å². The summed E-state index contributed by atoms with van der Waals surface area (Å²) in [5.41, 5.74) is 6.09. The average Bonchev–Trinajstić information content (AvgIpc) is 2.85. The highest BCUT2D eigenvalue weighted by atomic mass is 16.5. The van der Waals surface area contributed by atoms with Crippen LogP contribution in [-0.4, -0.2) is 59.2 Å². The Hall–Kier alpha value is -2.83. The molecular formula is C27H33N5O. The molecule has 4 heterocycles. The number of anilines is 1. The monoisotopic (exact) mass is 443 g/mol. The first-order valence-corrected chi connectivity index (χ1v) is 12.1. The number of aryl methyl sites for hydroxylation is 1. The molecule has 3 aromatic rings. The third-order valence-electron chi connectivity index (χ3n) is 6.60. The van der Waals surface area contributed by atoms with Crippen LogP contribution in [0.15, 0.2) is 54.7 Å². The van der Waals surface area contributed by atoms with Gasteiger partial charge in [-0.1, -0.05) is 35.9 Å². The molecule has 0 unspecified atom stereocenters. The minimum atomic E-state index is 0.469.